The summed E-state index contributed by atoms with van der Waals surface area (Å²) >= 11 is 19.7. The van der Waals surface area contributed by atoms with E-state index in [0.29, 0.717) is 38.7 Å². The van der Waals surface area contributed by atoms with Crippen molar-refractivity contribution in [3.8, 4) is 11.5 Å². The van der Waals surface area contributed by atoms with Crippen molar-refractivity contribution in [2.24, 2.45) is 5.34 Å². The monoisotopic (exact) mass is 1070 g/mol. The number of carbonyl (C=O) groups is 1. The molecule has 0 saturated carbocycles. The summed E-state index contributed by atoms with van der Waals surface area (Å²) in [6.45, 7) is 1.47. The Morgan fingerprint density at radius 3 is 1.73 bits per heavy atom. The van der Waals surface area contributed by atoms with Gasteiger partial charge in [-0.25, -0.2) is 19.9 Å². The molecule has 0 amide bonds. The summed E-state index contributed by atoms with van der Waals surface area (Å²) in [4.78, 5) is 47.7. The number of rotatable bonds is 6. The van der Waals surface area contributed by atoms with Gasteiger partial charge in [-0.2, -0.15) is 15.3 Å². The zero-order valence-corrected chi connectivity index (χ0v) is 44.5. The molecule has 2 aromatic carbocycles. The maximum Gasteiger partial charge on any atom is 1.00 e. The summed E-state index contributed by atoms with van der Waals surface area (Å²) in [6.07, 6.45) is 11.0. The summed E-state index contributed by atoms with van der Waals surface area (Å²) in [7, 11) is 7.20. The molecular weight excluding hydrogens is 1030 g/mol. The van der Waals surface area contributed by atoms with E-state index in [2.05, 4.69) is 94.5 Å². The van der Waals surface area contributed by atoms with Gasteiger partial charge in [0, 0.05) is 61.0 Å². The first-order valence-electron chi connectivity index (χ1n) is 19.7. The molecule has 364 valence electrons. The normalized spacial score (nSPS) is 9.70. The number of hydrogen-bond acceptors (Lipinski definition) is 20. The second kappa shape index (κ2) is 32.3. The molecule has 0 bridgehead atoms. The quantitative estimate of drug-likeness (QED) is 0.0478. The number of methoxy groups -OCH3 is 2. The third kappa shape index (κ3) is 21.5. The number of ketones is 1. The summed E-state index contributed by atoms with van der Waals surface area (Å²) in [5, 5.41) is 33.5. The predicted octanol–water partition coefficient (Wildman–Crippen LogP) is 7.47. The molecule has 0 aliphatic heterocycles. The van der Waals surface area contributed by atoms with Gasteiger partial charge in [-0.15, -0.1) is 15.5 Å². The number of Topliss-reactive ketones (excluding diaryl/α,β-unsaturated/α-hetero) is 1. The van der Waals surface area contributed by atoms with Gasteiger partial charge in [0.25, 0.3) is 0 Å². The second-order valence-corrected chi connectivity index (χ2v) is 20.1. The van der Waals surface area contributed by atoms with Gasteiger partial charge >= 0.3 is 34.8 Å². The minimum atomic E-state index is -3.22. The summed E-state index contributed by atoms with van der Waals surface area (Å²) in [6, 6.07) is 30.0. The Hall–Kier alpha value is -6.68. The molecule has 0 spiro atoms. The van der Waals surface area contributed by atoms with Crippen LogP contribution in [0.2, 0.25) is 5.02 Å². The van der Waals surface area contributed by atoms with E-state index in [1.807, 2.05) is 86.9 Å². The molecule has 0 aliphatic rings. The Balaban J connectivity index is 0.000000300. The Bertz CT molecular complexity index is 3100. The van der Waals surface area contributed by atoms with Crippen molar-refractivity contribution in [2.45, 2.75) is 6.92 Å². The van der Waals surface area contributed by atoms with Crippen molar-refractivity contribution in [2.75, 3.05) is 44.3 Å². The largest absolute Gasteiger partial charge is 1.00 e. The molecule has 0 radical (unpaired) electrons. The predicted molar refractivity (Wildman–Crippen MR) is 276 cm³/mol. The molecule has 0 atom stereocenters. The first-order valence-corrected chi connectivity index (χ1v) is 24.5. The van der Waals surface area contributed by atoms with E-state index in [0.717, 1.165) is 44.7 Å². The maximum atomic E-state index is 11.1. The SMILES string of the molecule is CC(=O)c1cccnc1N.CNc1ccc(OC)cc1.COc1ccc(N(C)c2cnnc3ncccc23)cc1.Clc1cnnc2ncccc12.O=N[O-].O=P(Cl)(Cl)Cl.O=c1cn[nH]c2ncccc12.[Na+]. The number of halogens is 4. The van der Waals surface area contributed by atoms with Crippen molar-refractivity contribution < 1.29 is 48.4 Å². The van der Waals surface area contributed by atoms with Crippen molar-refractivity contribution >= 4 is 112 Å². The molecule has 0 saturated heterocycles. The van der Waals surface area contributed by atoms with Crippen LogP contribution in [-0.2, 0) is 4.57 Å². The number of nitrogens with two attached hydrogens (primary N) is 1. The zero-order chi connectivity index (χ0) is 51.5. The van der Waals surface area contributed by atoms with Crippen LogP contribution in [0.5, 0.6) is 11.5 Å². The van der Waals surface area contributed by atoms with Gasteiger partial charge in [-0.3, -0.25) is 19.3 Å². The molecule has 4 N–H and O–H groups in total. The van der Waals surface area contributed by atoms with Gasteiger partial charge < -0.3 is 35.5 Å². The van der Waals surface area contributed by atoms with E-state index >= 15 is 0 Å². The van der Waals surface area contributed by atoms with E-state index in [4.69, 9.17) is 36.9 Å². The topological polar surface area (TPSA) is 295 Å². The number of fused-ring (bicyclic) bond motifs is 3. The van der Waals surface area contributed by atoms with E-state index in [-0.39, 0.29) is 40.8 Å². The van der Waals surface area contributed by atoms with Crippen molar-refractivity contribution in [1.82, 2.24) is 50.5 Å². The number of carbonyl (C=O) groups excluding carboxylic acids is 1. The molecule has 27 heteroatoms. The fraction of sp³-hybridized carbons (Fsp3) is 0.114. The first kappa shape index (κ1) is 60.4. The summed E-state index contributed by atoms with van der Waals surface area (Å²) in [5.74, 6) is 1.97. The number of H-pyrrole nitrogens is 1. The van der Waals surface area contributed by atoms with Crippen LogP contribution in [0, 0.1) is 10.1 Å². The van der Waals surface area contributed by atoms with Gasteiger partial charge in [-0.1, -0.05) is 11.6 Å². The molecule has 0 aliphatic carbocycles. The fourth-order valence-corrected chi connectivity index (χ4v) is 5.54. The Kier molecular flexibility index (Phi) is 27.5. The molecule has 0 unspecified atom stereocenters. The van der Waals surface area contributed by atoms with Crippen molar-refractivity contribution in [1.29, 1.82) is 0 Å². The van der Waals surface area contributed by atoms with Crippen molar-refractivity contribution in [3.05, 3.63) is 171 Å². The standard InChI is InChI=1S/C15H14N4O.C8H11NO.C7H4ClN3.C7H5N3O.C7H8N2O.Cl3OP.HNO2.Na/c1-19(11-5-7-12(20-2)8-6-11)14-10-17-18-15-13(14)4-3-9-16-15;1-9-7-3-5-8(10-2)6-4-7;8-6-4-10-11-7-5(6)2-1-3-9-7;11-6-4-9-10-7-5(6)2-1-3-8-7;1-5(10)6-3-2-4-9-7(6)8;1-5(2,3)4;2-1-3;/h3-10H,1-2H3;3-6,9H,1-2H3;1-4H;1-4H,(H,8,10,11);2-4H,1H3,(H2,8,9);;(H,2,3);/q;;;;;;;+1/p-1. The second-order valence-electron chi connectivity index (χ2n) is 13.0. The number of nitrogens with zero attached hydrogens (tertiary/aromatic N) is 11. The number of hydrogen-bond donors (Lipinski definition) is 3. The molecule has 9 rings (SSSR count). The third-order valence-electron chi connectivity index (χ3n) is 8.61. The van der Waals surface area contributed by atoms with Gasteiger partial charge in [-0.05, 0) is 138 Å². The van der Waals surface area contributed by atoms with Crippen LogP contribution in [0.3, 0.4) is 0 Å². The van der Waals surface area contributed by atoms with Crippen LogP contribution >= 0.6 is 50.5 Å². The van der Waals surface area contributed by atoms with Crippen LogP contribution in [-0.4, -0.2) is 84.6 Å². The van der Waals surface area contributed by atoms with Gasteiger partial charge in [0.15, 0.2) is 22.7 Å². The van der Waals surface area contributed by atoms with Crippen LogP contribution in [0.4, 0.5) is 22.9 Å². The zero-order valence-electron chi connectivity index (χ0n) is 38.6. The number of anilines is 4. The Morgan fingerprint density at radius 1 is 0.761 bits per heavy atom. The van der Waals surface area contributed by atoms with Crippen LogP contribution < -0.4 is 60.4 Å². The number of pyridine rings is 4. The molecule has 9 aromatic rings. The minimum Gasteiger partial charge on any atom is -0.497 e. The van der Waals surface area contributed by atoms with Crippen LogP contribution in [0.1, 0.15) is 17.3 Å². The molecule has 71 heavy (non-hydrogen) atoms. The van der Waals surface area contributed by atoms with Crippen molar-refractivity contribution in [3.63, 3.8) is 0 Å². The molecule has 7 aromatic heterocycles. The third-order valence-corrected chi connectivity index (χ3v) is 8.91. The molecule has 21 nitrogen and oxygen atoms in total. The molecule has 7 heterocycles. The van der Waals surface area contributed by atoms with E-state index in [1.165, 1.54) is 19.3 Å². The molecular formula is C44H42Cl4N14NaO7P. The van der Waals surface area contributed by atoms with Gasteiger partial charge in [0.1, 0.15) is 17.3 Å². The van der Waals surface area contributed by atoms with Crippen LogP contribution in [0.15, 0.2) is 151 Å². The summed E-state index contributed by atoms with van der Waals surface area (Å²) < 4.78 is 19.7. The van der Waals surface area contributed by atoms with E-state index in [9.17, 15) is 14.2 Å². The Labute approximate surface area is 447 Å². The average molecular weight is 1070 g/mol. The Morgan fingerprint density at radius 2 is 1.24 bits per heavy atom. The van der Waals surface area contributed by atoms with Gasteiger partial charge in [0.05, 0.1) is 54.5 Å². The molecule has 0 fully saturated rings. The minimum absolute atomic E-state index is 0. The van der Waals surface area contributed by atoms with Crippen LogP contribution in [0.25, 0.3) is 33.1 Å². The van der Waals surface area contributed by atoms with E-state index < -0.39 is 5.20 Å². The number of nitrogen functional groups attached to an aromatic ring is 1. The van der Waals surface area contributed by atoms with Gasteiger partial charge in [0.2, 0.25) is 5.43 Å². The fourth-order valence-electron chi connectivity index (χ4n) is 5.35. The number of aromatic amines is 1. The number of ether oxygens (including phenoxy) is 2. The average Bonchev–Trinajstić information content (AvgIpc) is 3.37. The number of nitrogens with one attached hydrogen (secondary N) is 2. The first-order chi connectivity index (χ1) is 33.5. The smallest absolute Gasteiger partial charge is 0.497 e. The number of benzene rings is 2. The maximum absolute atomic E-state index is 11.1. The van der Waals surface area contributed by atoms with E-state index in [1.54, 1.807) is 69.5 Å². The number of aromatic nitrogens is 10. The summed E-state index contributed by atoms with van der Waals surface area (Å²) in [5.41, 5.74) is 10.6.